The summed E-state index contributed by atoms with van der Waals surface area (Å²) in [5, 5.41) is 5.59. The molecular weight excluding hydrogens is 409 g/mol. The summed E-state index contributed by atoms with van der Waals surface area (Å²) in [5.74, 6) is -3.15. The van der Waals surface area contributed by atoms with Gasteiger partial charge in [0.05, 0.1) is 11.9 Å². The number of rotatable bonds is 7. The van der Waals surface area contributed by atoms with Crippen LogP contribution in [-0.2, 0) is 16.1 Å². The molecule has 2 aromatic heterocycles. The Bertz CT molecular complexity index is 1000. The van der Waals surface area contributed by atoms with Crippen molar-refractivity contribution >= 4 is 29.0 Å². The van der Waals surface area contributed by atoms with Crippen molar-refractivity contribution in [3.8, 4) is 0 Å². The molecule has 166 valence electrons. The highest BCUT2D eigenvalue weighted by Crippen LogP contribution is 2.58. The number of hydrogen-bond acceptors (Lipinski definition) is 6. The predicted molar refractivity (Wildman–Crippen MR) is 112 cm³/mol. The SMILES string of the molecule is CC(=O)Nc1cc2c(cn1)C1(CC1)CN2c1cc(NCCC(C)F)nc(C(C)(F)F)n1. The van der Waals surface area contributed by atoms with Crippen LogP contribution in [0.4, 0.5) is 36.3 Å². The Labute approximate surface area is 178 Å². The molecule has 2 aliphatic rings. The van der Waals surface area contributed by atoms with E-state index < -0.39 is 17.9 Å². The molecule has 1 unspecified atom stereocenters. The number of anilines is 4. The second-order valence-electron chi connectivity index (χ2n) is 8.45. The van der Waals surface area contributed by atoms with Gasteiger partial charge in [-0.15, -0.1) is 0 Å². The summed E-state index contributed by atoms with van der Waals surface area (Å²) in [6.45, 7) is 4.43. The molecule has 1 spiro atoms. The summed E-state index contributed by atoms with van der Waals surface area (Å²) in [6, 6.07) is 3.34. The van der Waals surface area contributed by atoms with Crippen LogP contribution in [-0.4, -0.2) is 40.1 Å². The van der Waals surface area contributed by atoms with Gasteiger partial charge in [0.25, 0.3) is 0 Å². The fourth-order valence-electron chi connectivity index (χ4n) is 3.84. The number of aromatic nitrogens is 3. The maximum absolute atomic E-state index is 14.1. The molecule has 0 aromatic carbocycles. The normalized spacial score (nSPS) is 17.4. The van der Waals surface area contributed by atoms with E-state index in [-0.39, 0.29) is 30.1 Å². The lowest BCUT2D eigenvalue weighted by Crippen LogP contribution is -2.23. The molecule has 2 aromatic rings. The highest BCUT2D eigenvalue weighted by atomic mass is 19.3. The molecule has 0 saturated heterocycles. The van der Waals surface area contributed by atoms with E-state index in [2.05, 4.69) is 25.6 Å². The summed E-state index contributed by atoms with van der Waals surface area (Å²) < 4.78 is 41.4. The van der Waals surface area contributed by atoms with Gasteiger partial charge in [0.1, 0.15) is 17.5 Å². The van der Waals surface area contributed by atoms with Crippen LogP contribution in [0.15, 0.2) is 18.3 Å². The largest absolute Gasteiger partial charge is 0.370 e. The fraction of sp³-hybridized carbons (Fsp3) is 0.524. The lowest BCUT2D eigenvalue weighted by Gasteiger charge is -2.22. The second kappa shape index (κ2) is 7.65. The van der Waals surface area contributed by atoms with Crippen LogP contribution in [0.2, 0.25) is 0 Å². The number of nitrogens with zero attached hydrogens (tertiary/aromatic N) is 4. The highest BCUT2D eigenvalue weighted by molar-refractivity contribution is 5.89. The zero-order valence-corrected chi connectivity index (χ0v) is 17.7. The molecule has 1 atom stereocenters. The summed E-state index contributed by atoms with van der Waals surface area (Å²) in [7, 11) is 0. The second-order valence-corrected chi connectivity index (χ2v) is 8.45. The van der Waals surface area contributed by atoms with Crippen LogP contribution in [0.5, 0.6) is 0 Å². The van der Waals surface area contributed by atoms with Crippen molar-refractivity contribution in [3.05, 3.63) is 29.7 Å². The van der Waals surface area contributed by atoms with E-state index in [0.29, 0.717) is 18.2 Å². The lowest BCUT2D eigenvalue weighted by molar-refractivity contribution is -0.114. The number of nitrogens with one attached hydrogen (secondary N) is 2. The smallest absolute Gasteiger partial charge is 0.303 e. The van der Waals surface area contributed by atoms with Gasteiger partial charge in [0.15, 0.2) is 0 Å². The van der Waals surface area contributed by atoms with Crippen LogP contribution in [0.3, 0.4) is 0 Å². The number of carbonyl (C=O) groups is 1. The number of amides is 1. The van der Waals surface area contributed by atoms with Gasteiger partial charge in [-0.2, -0.15) is 8.78 Å². The molecule has 1 fully saturated rings. The first-order valence-corrected chi connectivity index (χ1v) is 10.3. The third-order valence-electron chi connectivity index (χ3n) is 5.59. The molecule has 31 heavy (non-hydrogen) atoms. The number of halogens is 3. The van der Waals surface area contributed by atoms with Gasteiger partial charge in [-0.05, 0) is 26.2 Å². The van der Waals surface area contributed by atoms with Crippen molar-refractivity contribution < 1.29 is 18.0 Å². The van der Waals surface area contributed by atoms with E-state index >= 15 is 0 Å². The zero-order chi connectivity index (χ0) is 22.4. The van der Waals surface area contributed by atoms with Crippen molar-refractivity contribution in [3.63, 3.8) is 0 Å². The van der Waals surface area contributed by atoms with Gasteiger partial charge in [-0.3, -0.25) is 4.79 Å². The molecule has 1 aliphatic carbocycles. The standard InChI is InChI=1S/C21H25F3N6O/c1-12(22)4-7-25-17-9-18(29-19(28-17)20(3,23)24)30-11-21(5-6-21)14-10-26-16(8-15(14)30)27-13(2)31/h8-10,12H,4-7,11H2,1-3H3,(H,25,28,29)(H,26,27,31). The van der Waals surface area contributed by atoms with Crippen molar-refractivity contribution in [1.82, 2.24) is 15.0 Å². The molecule has 3 heterocycles. The number of alkyl halides is 3. The lowest BCUT2D eigenvalue weighted by atomic mass is 10.0. The molecule has 1 aliphatic heterocycles. The minimum Gasteiger partial charge on any atom is -0.370 e. The van der Waals surface area contributed by atoms with E-state index in [1.807, 2.05) is 4.90 Å². The Kier molecular flexibility index (Phi) is 5.26. The number of hydrogen-bond donors (Lipinski definition) is 2. The Morgan fingerprint density at radius 1 is 1.29 bits per heavy atom. The van der Waals surface area contributed by atoms with Crippen LogP contribution in [0.25, 0.3) is 0 Å². The first-order valence-electron chi connectivity index (χ1n) is 10.3. The average Bonchev–Trinajstić information content (AvgIpc) is 3.37. The molecule has 0 radical (unpaired) electrons. The Hall–Kier alpha value is -2.91. The molecule has 0 bridgehead atoms. The average molecular weight is 434 g/mol. The highest BCUT2D eigenvalue weighted by Gasteiger charge is 2.52. The number of fused-ring (bicyclic) bond motifs is 2. The molecule has 7 nitrogen and oxygen atoms in total. The van der Waals surface area contributed by atoms with Gasteiger partial charge in [-0.1, -0.05) is 0 Å². The van der Waals surface area contributed by atoms with E-state index in [0.717, 1.165) is 31.0 Å². The van der Waals surface area contributed by atoms with E-state index in [1.165, 1.54) is 13.8 Å². The van der Waals surface area contributed by atoms with Crippen molar-refractivity contribution in [2.45, 2.75) is 57.5 Å². The van der Waals surface area contributed by atoms with Crippen LogP contribution >= 0.6 is 0 Å². The Morgan fingerprint density at radius 3 is 2.65 bits per heavy atom. The van der Waals surface area contributed by atoms with Crippen molar-refractivity contribution in [2.24, 2.45) is 0 Å². The minimum atomic E-state index is -3.24. The first kappa shape index (κ1) is 21.3. The van der Waals surface area contributed by atoms with Gasteiger partial charge < -0.3 is 15.5 Å². The maximum atomic E-state index is 14.1. The first-order chi connectivity index (χ1) is 14.6. The number of pyridine rings is 1. The molecule has 2 N–H and O–H groups in total. The summed E-state index contributed by atoms with van der Waals surface area (Å²) in [4.78, 5) is 25.7. The van der Waals surface area contributed by atoms with Crippen LogP contribution in [0, 0.1) is 0 Å². The van der Waals surface area contributed by atoms with Crippen LogP contribution in [0.1, 0.15) is 51.4 Å². The van der Waals surface area contributed by atoms with E-state index in [9.17, 15) is 18.0 Å². The van der Waals surface area contributed by atoms with E-state index in [4.69, 9.17) is 0 Å². The quantitative estimate of drug-likeness (QED) is 0.677. The fourth-order valence-corrected chi connectivity index (χ4v) is 3.84. The molecule has 1 saturated carbocycles. The van der Waals surface area contributed by atoms with Gasteiger partial charge in [0, 0.05) is 56.2 Å². The van der Waals surface area contributed by atoms with Crippen LogP contribution < -0.4 is 15.5 Å². The third kappa shape index (κ3) is 4.42. The third-order valence-corrected chi connectivity index (χ3v) is 5.59. The number of carbonyl (C=O) groups excluding carboxylic acids is 1. The molecule has 10 heteroatoms. The van der Waals surface area contributed by atoms with Crippen molar-refractivity contribution in [2.75, 3.05) is 28.6 Å². The molecule has 4 rings (SSSR count). The topological polar surface area (TPSA) is 83.0 Å². The monoisotopic (exact) mass is 434 g/mol. The summed E-state index contributed by atoms with van der Waals surface area (Å²) in [6.07, 6.45) is 2.91. The predicted octanol–water partition coefficient (Wildman–Crippen LogP) is 4.29. The molecule has 1 amide bonds. The van der Waals surface area contributed by atoms with E-state index in [1.54, 1.807) is 18.3 Å². The van der Waals surface area contributed by atoms with Gasteiger partial charge in [-0.25, -0.2) is 19.3 Å². The summed E-state index contributed by atoms with van der Waals surface area (Å²) in [5.41, 5.74) is 1.73. The van der Waals surface area contributed by atoms with Gasteiger partial charge in [0.2, 0.25) is 11.7 Å². The Balaban J connectivity index is 1.73. The van der Waals surface area contributed by atoms with Crippen molar-refractivity contribution in [1.29, 1.82) is 0 Å². The Morgan fingerprint density at radius 2 is 2.03 bits per heavy atom. The maximum Gasteiger partial charge on any atom is 0.303 e. The summed E-state index contributed by atoms with van der Waals surface area (Å²) >= 11 is 0. The zero-order valence-electron chi connectivity index (χ0n) is 17.7. The molecular formula is C21H25F3N6O. The minimum absolute atomic E-state index is 0.0752. The van der Waals surface area contributed by atoms with Gasteiger partial charge >= 0.3 is 5.92 Å².